The van der Waals surface area contributed by atoms with Crippen LogP contribution in [0.3, 0.4) is 0 Å². The quantitative estimate of drug-likeness (QED) is 0.442. The van der Waals surface area contributed by atoms with Gasteiger partial charge in [0.1, 0.15) is 5.65 Å². The van der Waals surface area contributed by atoms with Crippen molar-refractivity contribution >= 4 is 17.0 Å². The summed E-state index contributed by atoms with van der Waals surface area (Å²) in [5.74, 6) is 0.701. The van der Waals surface area contributed by atoms with Crippen molar-refractivity contribution in [1.29, 1.82) is 0 Å². The second kappa shape index (κ2) is 11.1. The van der Waals surface area contributed by atoms with Crippen molar-refractivity contribution in [1.82, 2.24) is 24.8 Å². The summed E-state index contributed by atoms with van der Waals surface area (Å²) in [6, 6.07) is 9.72. The Kier molecular flexibility index (Phi) is 7.66. The zero-order valence-corrected chi connectivity index (χ0v) is 21.2. The monoisotopic (exact) mass is 476 g/mol. The second-order valence-corrected chi connectivity index (χ2v) is 10.4. The van der Waals surface area contributed by atoms with Gasteiger partial charge in [-0.05, 0) is 50.2 Å². The molecule has 188 valence electrons. The number of nitrogens with zero attached hydrogens (tertiary/aromatic N) is 4. The Morgan fingerprint density at radius 1 is 1.11 bits per heavy atom. The van der Waals surface area contributed by atoms with Crippen LogP contribution in [-0.4, -0.2) is 62.9 Å². The van der Waals surface area contributed by atoms with Gasteiger partial charge in [0.05, 0.1) is 6.10 Å². The molecule has 0 radical (unpaired) electrons. The summed E-state index contributed by atoms with van der Waals surface area (Å²) in [6.45, 7) is 9.75. The Bertz CT molecular complexity index is 1100. The maximum Gasteiger partial charge on any atom is 0.224 e. The molecule has 1 saturated carbocycles. The SMILES string of the molecule is CCC[C@H](C)Nc1ncc2c(-c3ccc(CN4CCNCC4)cc3)cn(C3CCC(O)CC3)c2n1. The van der Waals surface area contributed by atoms with Crippen LogP contribution in [0.25, 0.3) is 22.2 Å². The van der Waals surface area contributed by atoms with Crippen LogP contribution < -0.4 is 10.6 Å². The first-order chi connectivity index (χ1) is 17.1. The molecule has 1 atom stereocenters. The van der Waals surface area contributed by atoms with Crippen molar-refractivity contribution in [2.45, 2.75) is 77.1 Å². The minimum atomic E-state index is -0.169. The van der Waals surface area contributed by atoms with Crippen LogP contribution in [0.15, 0.2) is 36.7 Å². The standard InChI is InChI=1S/C28H40N6O/c1-3-4-20(2)31-28-30-17-25-26(19-34(27(25)32-28)23-9-11-24(35)12-10-23)22-7-5-21(6-8-22)18-33-15-13-29-14-16-33/h5-8,17,19-20,23-24,29,35H,3-4,9-16,18H2,1-2H3,(H,30,31,32)/t20-,23?,24?/m0/s1. The van der Waals surface area contributed by atoms with Gasteiger partial charge in [0, 0.05) is 68.2 Å². The van der Waals surface area contributed by atoms with E-state index in [1.165, 1.54) is 16.7 Å². The molecule has 0 unspecified atom stereocenters. The molecule has 2 fully saturated rings. The lowest BCUT2D eigenvalue weighted by Gasteiger charge is -2.27. The molecular formula is C28H40N6O. The van der Waals surface area contributed by atoms with Gasteiger partial charge in [-0.2, -0.15) is 4.98 Å². The third kappa shape index (κ3) is 5.68. The van der Waals surface area contributed by atoms with Gasteiger partial charge >= 0.3 is 0 Å². The average molecular weight is 477 g/mol. The molecule has 0 spiro atoms. The van der Waals surface area contributed by atoms with Crippen molar-refractivity contribution in [3.8, 4) is 11.1 Å². The fourth-order valence-electron chi connectivity index (χ4n) is 5.59. The van der Waals surface area contributed by atoms with Crippen LogP contribution >= 0.6 is 0 Å². The molecule has 2 aromatic heterocycles. The van der Waals surface area contributed by atoms with Crippen molar-refractivity contribution in [2.24, 2.45) is 0 Å². The van der Waals surface area contributed by atoms with E-state index in [0.29, 0.717) is 18.0 Å². The molecule has 5 rings (SSSR count). The minimum Gasteiger partial charge on any atom is -0.393 e. The lowest BCUT2D eigenvalue weighted by atomic mass is 9.93. The smallest absolute Gasteiger partial charge is 0.224 e. The summed E-state index contributed by atoms with van der Waals surface area (Å²) in [4.78, 5) is 12.2. The Morgan fingerprint density at radius 2 is 1.86 bits per heavy atom. The summed E-state index contributed by atoms with van der Waals surface area (Å²) >= 11 is 0. The Hall–Kier alpha value is -2.48. The summed E-state index contributed by atoms with van der Waals surface area (Å²) < 4.78 is 2.35. The van der Waals surface area contributed by atoms with E-state index in [1.807, 2.05) is 6.20 Å². The van der Waals surface area contributed by atoms with Crippen LogP contribution in [0.4, 0.5) is 5.95 Å². The van der Waals surface area contributed by atoms with Gasteiger partial charge in [0.25, 0.3) is 0 Å². The zero-order chi connectivity index (χ0) is 24.2. The van der Waals surface area contributed by atoms with Gasteiger partial charge in [-0.15, -0.1) is 0 Å². The molecule has 7 heteroatoms. The van der Waals surface area contributed by atoms with Crippen LogP contribution in [0.1, 0.15) is 64.0 Å². The molecule has 0 bridgehead atoms. The number of hydrogen-bond acceptors (Lipinski definition) is 6. The molecule has 3 heterocycles. The molecule has 0 amide bonds. The van der Waals surface area contributed by atoms with Crippen LogP contribution in [0.2, 0.25) is 0 Å². The molecule has 1 aromatic carbocycles. The van der Waals surface area contributed by atoms with Crippen molar-refractivity contribution in [3.05, 3.63) is 42.2 Å². The van der Waals surface area contributed by atoms with E-state index in [-0.39, 0.29) is 6.10 Å². The number of piperazine rings is 1. The van der Waals surface area contributed by atoms with Gasteiger partial charge in [0.15, 0.2) is 0 Å². The average Bonchev–Trinajstić information content (AvgIpc) is 3.24. The van der Waals surface area contributed by atoms with Gasteiger partial charge in [-0.1, -0.05) is 37.6 Å². The number of aliphatic hydroxyl groups is 1. The van der Waals surface area contributed by atoms with E-state index in [4.69, 9.17) is 9.97 Å². The Balaban J connectivity index is 1.45. The molecule has 1 aliphatic heterocycles. The third-order valence-electron chi connectivity index (χ3n) is 7.61. The zero-order valence-electron chi connectivity index (χ0n) is 21.2. The first-order valence-electron chi connectivity index (χ1n) is 13.4. The van der Waals surface area contributed by atoms with E-state index in [9.17, 15) is 5.11 Å². The van der Waals surface area contributed by atoms with Crippen molar-refractivity contribution < 1.29 is 5.11 Å². The highest BCUT2D eigenvalue weighted by Crippen LogP contribution is 2.36. The molecule has 1 aliphatic carbocycles. The maximum absolute atomic E-state index is 10.1. The molecule has 7 nitrogen and oxygen atoms in total. The second-order valence-electron chi connectivity index (χ2n) is 10.4. The molecule has 2 aliphatic rings. The number of benzene rings is 1. The molecular weight excluding hydrogens is 436 g/mol. The summed E-state index contributed by atoms with van der Waals surface area (Å²) in [5.41, 5.74) is 4.74. The van der Waals surface area contributed by atoms with Gasteiger partial charge in [-0.3, -0.25) is 4.90 Å². The minimum absolute atomic E-state index is 0.169. The van der Waals surface area contributed by atoms with Crippen LogP contribution in [0.5, 0.6) is 0 Å². The van der Waals surface area contributed by atoms with E-state index in [1.54, 1.807) is 0 Å². The fourth-order valence-corrected chi connectivity index (χ4v) is 5.59. The molecule has 3 aromatic rings. The van der Waals surface area contributed by atoms with Crippen LogP contribution in [0, 0.1) is 0 Å². The number of rotatable bonds is 8. The predicted octanol–water partition coefficient (Wildman–Crippen LogP) is 4.58. The normalized spacial score (nSPS) is 22.4. The van der Waals surface area contributed by atoms with E-state index in [2.05, 4.69) is 64.4 Å². The van der Waals surface area contributed by atoms with Gasteiger partial charge in [-0.25, -0.2) is 4.98 Å². The first kappa shape index (κ1) is 24.2. The van der Waals surface area contributed by atoms with Gasteiger partial charge in [0.2, 0.25) is 5.95 Å². The molecule has 3 N–H and O–H groups in total. The van der Waals surface area contributed by atoms with Gasteiger partial charge < -0.3 is 20.3 Å². The lowest BCUT2D eigenvalue weighted by molar-refractivity contribution is 0.111. The molecule has 1 saturated heterocycles. The summed E-state index contributed by atoms with van der Waals surface area (Å²) in [5, 5.41) is 18.1. The summed E-state index contributed by atoms with van der Waals surface area (Å²) in [6.07, 6.45) is 9.97. The van der Waals surface area contributed by atoms with E-state index < -0.39 is 0 Å². The number of nitrogens with one attached hydrogen (secondary N) is 2. The topological polar surface area (TPSA) is 78.2 Å². The fraction of sp³-hybridized carbons (Fsp3) is 0.571. The third-order valence-corrected chi connectivity index (χ3v) is 7.61. The Labute approximate surface area is 209 Å². The maximum atomic E-state index is 10.1. The molecule has 35 heavy (non-hydrogen) atoms. The highest BCUT2D eigenvalue weighted by molar-refractivity contribution is 5.94. The van der Waals surface area contributed by atoms with E-state index in [0.717, 1.165) is 82.3 Å². The van der Waals surface area contributed by atoms with E-state index >= 15 is 0 Å². The summed E-state index contributed by atoms with van der Waals surface area (Å²) in [7, 11) is 0. The highest BCUT2D eigenvalue weighted by Gasteiger charge is 2.24. The number of anilines is 1. The van der Waals surface area contributed by atoms with Crippen molar-refractivity contribution in [2.75, 3.05) is 31.5 Å². The first-order valence-corrected chi connectivity index (χ1v) is 13.4. The number of fused-ring (bicyclic) bond motifs is 1. The number of aromatic nitrogens is 3. The lowest BCUT2D eigenvalue weighted by Crippen LogP contribution is -2.42. The Morgan fingerprint density at radius 3 is 2.57 bits per heavy atom. The number of aliphatic hydroxyl groups excluding tert-OH is 1. The largest absolute Gasteiger partial charge is 0.393 e. The highest BCUT2D eigenvalue weighted by atomic mass is 16.3. The van der Waals surface area contributed by atoms with Crippen molar-refractivity contribution in [3.63, 3.8) is 0 Å². The van der Waals surface area contributed by atoms with Crippen LogP contribution in [-0.2, 0) is 6.54 Å². The predicted molar refractivity (Wildman–Crippen MR) is 143 cm³/mol. The number of hydrogen-bond donors (Lipinski definition) is 3.